The Hall–Kier alpha value is -2.61. The number of rotatable bonds is 6. The van der Waals surface area contributed by atoms with Crippen LogP contribution < -0.4 is 17.2 Å². The van der Waals surface area contributed by atoms with Crippen LogP contribution >= 0.6 is 0 Å². The highest BCUT2D eigenvalue weighted by atomic mass is 16.4. The molecule has 0 atom stereocenters. The summed E-state index contributed by atoms with van der Waals surface area (Å²) in [4.78, 5) is 32.0. The summed E-state index contributed by atoms with van der Waals surface area (Å²) in [5, 5.41) is 49.3. The van der Waals surface area contributed by atoms with Crippen LogP contribution in [0.25, 0.3) is 0 Å². The van der Waals surface area contributed by atoms with E-state index in [-0.39, 0.29) is 19.8 Å². The fraction of sp³-hybridized carbons (Fsp3) is 0.400. The average molecular weight is 393 g/mol. The first-order chi connectivity index (χ1) is 12.7. The van der Waals surface area contributed by atoms with Gasteiger partial charge in [-0.25, -0.2) is 14.4 Å². The first-order valence-electron chi connectivity index (χ1n) is 7.45. The van der Waals surface area contributed by atoms with E-state index in [1.165, 1.54) is 6.07 Å². The van der Waals surface area contributed by atoms with Crippen molar-refractivity contribution in [3.05, 3.63) is 34.9 Å². The maximum absolute atomic E-state index is 10.7. The number of carboxylic acid groups (broad SMARTS) is 3. The summed E-state index contributed by atoms with van der Waals surface area (Å²) in [6, 6.07) is 3.26. The van der Waals surface area contributed by atoms with E-state index in [2.05, 4.69) is 0 Å². The van der Waals surface area contributed by atoms with Crippen molar-refractivity contribution in [2.45, 2.75) is 0 Å². The van der Waals surface area contributed by atoms with E-state index >= 15 is 0 Å². The van der Waals surface area contributed by atoms with Gasteiger partial charge < -0.3 is 47.8 Å². The maximum Gasteiger partial charge on any atom is 0.337 e. The van der Waals surface area contributed by atoms with E-state index in [1.54, 1.807) is 0 Å². The van der Waals surface area contributed by atoms with Crippen molar-refractivity contribution in [3.63, 3.8) is 0 Å². The van der Waals surface area contributed by atoms with Gasteiger partial charge in [0.2, 0.25) is 0 Å². The number of carboxylic acids is 3. The lowest BCUT2D eigenvalue weighted by atomic mass is 10.0. The molecule has 1 aromatic carbocycles. The first-order valence-corrected chi connectivity index (χ1v) is 7.45. The molecule has 0 saturated heterocycles. The van der Waals surface area contributed by atoms with Gasteiger partial charge in [0.1, 0.15) is 0 Å². The number of nitrogens with two attached hydrogens (primary N) is 3. The van der Waals surface area contributed by atoms with Crippen LogP contribution in [-0.4, -0.2) is 88.0 Å². The topological polar surface area (TPSA) is 251 Å². The van der Waals surface area contributed by atoms with Crippen molar-refractivity contribution in [1.29, 1.82) is 0 Å². The van der Waals surface area contributed by atoms with Gasteiger partial charge in [-0.05, 0) is 12.1 Å². The molecule has 12 N–H and O–H groups in total. The second-order valence-electron chi connectivity index (χ2n) is 4.18. The second-order valence-corrected chi connectivity index (χ2v) is 4.18. The quantitative estimate of drug-likeness (QED) is 0.245. The molecule has 0 amide bonds. The van der Waals surface area contributed by atoms with Gasteiger partial charge in [0.05, 0.1) is 36.5 Å². The van der Waals surface area contributed by atoms with Crippen LogP contribution in [0, 0.1) is 0 Å². The molecule has 27 heavy (non-hydrogen) atoms. The van der Waals surface area contributed by atoms with Crippen molar-refractivity contribution in [3.8, 4) is 0 Å². The zero-order valence-electron chi connectivity index (χ0n) is 14.6. The minimum absolute atomic E-state index is 0.0972. The summed E-state index contributed by atoms with van der Waals surface area (Å²) in [5.41, 5.74) is 12.5. The Kier molecular flexibility index (Phi) is 21.3. The maximum atomic E-state index is 10.7. The highest BCUT2D eigenvalue weighted by molar-refractivity contribution is 6.08. The van der Waals surface area contributed by atoms with Crippen molar-refractivity contribution >= 4 is 17.9 Å². The van der Waals surface area contributed by atoms with E-state index in [0.29, 0.717) is 19.6 Å². The molecule has 0 aromatic heterocycles. The largest absolute Gasteiger partial charge is 0.478 e. The lowest BCUT2D eigenvalue weighted by molar-refractivity contribution is 0.0633. The number of hydrogen-bond donors (Lipinski definition) is 9. The average Bonchev–Trinajstić information content (AvgIpc) is 2.67. The van der Waals surface area contributed by atoms with Crippen LogP contribution in [-0.2, 0) is 0 Å². The SMILES string of the molecule is NCCO.NCCO.NCCO.O=C(O)c1cccc(C(=O)O)c1C(=O)O. The molecular formula is C15H27N3O9. The van der Waals surface area contributed by atoms with E-state index in [4.69, 9.17) is 47.8 Å². The monoisotopic (exact) mass is 393 g/mol. The molecule has 1 aromatic rings. The minimum Gasteiger partial charge on any atom is -0.478 e. The molecule has 1 rings (SSSR count). The van der Waals surface area contributed by atoms with Crippen molar-refractivity contribution in [2.75, 3.05) is 39.5 Å². The molecule has 0 radical (unpaired) electrons. The number of carbonyl (C=O) groups is 3. The predicted octanol–water partition coefficient (Wildman–Crippen LogP) is -2.41. The normalized spacial score (nSPS) is 8.67. The van der Waals surface area contributed by atoms with Gasteiger partial charge in [0, 0.05) is 19.6 Å². The van der Waals surface area contributed by atoms with Crippen LogP contribution in [0.3, 0.4) is 0 Å². The molecule has 156 valence electrons. The molecule has 12 heteroatoms. The molecular weight excluding hydrogens is 366 g/mol. The molecule has 12 nitrogen and oxygen atoms in total. The van der Waals surface area contributed by atoms with Gasteiger partial charge in [-0.2, -0.15) is 0 Å². The summed E-state index contributed by atoms with van der Waals surface area (Å²) in [5.74, 6) is -4.53. The lowest BCUT2D eigenvalue weighted by Crippen LogP contribution is -2.14. The van der Waals surface area contributed by atoms with Crippen LogP contribution in [0.5, 0.6) is 0 Å². The molecule has 0 spiro atoms. The van der Waals surface area contributed by atoms with Gasteiger partial charge in [0.25, 0.3) is 0 Å². The number of benzene rings is 1. The first kappa shape index (κ1) is 29.2. The Balaban J connectivity index is -0.000000394. The fourth-order valence-corrected chi connectivity index (χ4v) is 1.14. The summed E-state index contributed by atoms with van der Waals surface area (Å²) < 4.78 is 0. The van der Waals surface area contributed by atoms with Gasteiger partial charge >= 0.3 is 17.9 Å². The summed E-state index contributed by atoms with van der Waals surface area (Å²) in [7, 11) is 0. The zero-order chi connectivity index (χ0) is 21.8. The van der Waals surface area contributed by atoms with Gasteiger partial charge in [-0.1, -0.05) is 6.07 Å². The van der Waals surface area contributed by atoms with E-state index in [0.717, 1.165) is 12.1 Å². The van der Waals surface area contributed by atoms with Crippen molar-refractivity contribution < 1.29 is 45.0 Å². The zero-order valence-corrected chi connectivity index (χ0v) is 14.6. The number of aromatic carboxylic acids is 3. The van der Waals surface area contributed by atoms with E-state index in [1.807, 2.05) is 0 Å². The van der Waals surface area contributed by atoms with Crippen LogP contribution in [0.2, 0.25) is 0 Å². The Morgan fingerprint density at radius 3 is 1.07 bits per heavy atom. The predicted molar refractivity (Wildman–Crippen MR) is 95.7 cm³/mol. The van der Waals surface area contributed by atoms with Crippen LogP contribution in [0.15, 0.2) is 18.2 Å². The smallest absolute Gasteiger partial charge is 0.337 e. The highest BCUT2D eigenvalue weighted by Gasteiger charge is 2.22. The summed E-state index contributed by atoms with van der Waals surface area (Å²) in [6.07, 6.45) is 0. The number of aliphatic hydroxyl groups is 3. The van der Waals surface area contributed by atoms with Crippen molar-refractivity contribution in [1.82, 2.24) is 0 Å². The third kappa shape index (κ3) is 15.4. The number of aliphatic hydroxyl groups excluding tert-OH is 3. The third-order valence-corrected chi connectivity index (χ3v) is 2.13. The fourth-order valence-electron chi connectivity index (χ4n) is 1.14. The Labute approximate surface area is 155 Å². The van der Waals surface area contributed by atoms with Gasteiger partial charge in [-0.3, -0.25) is 0 Å². The molecule has 0 fully saturated rings. The Bertz CT molecular complexity index is 506. The van der Waals surface area contributed by atoms with Gasteiger partial charge in [0.15, 0.2) is 0 Å². The highest BCUT2D eigenvalue weighted by Crippen LogP contribution is 2.15. The summed E-state index contributed by atoms with van der Waals surface area (Å²) >= 11 is 0. The van der Waals surface area contributed by atoms with Gasteiger partial charge in [-0.15, -0.1) is 0 Å². The molecule has 0 aliphatic rings. The Morgan fingerprint density at radius 1 is 0.667 bits per heavy atom. The van der Waals surface area contributed by atoms with E-state index < -0.39 is 34.6 Å². The molecule has 0 saturated carbocycles. The van der Waals surface area contributed by atoms with Crippen molar-refractivity contribution in [2.24, 2.45) is 17.2 Å². The Morgan fingerprint density at radius 2 is 0.926 bits per heavy atom. The molecule has 0 bridgehead atoms. The van der Waals surface area contributed by atoms with Crippen LogP contribution in [0.1, 0.15) is 31.1 Å². The van der Waals surface area contributed by atoms with E-state index in [9.17, 15) is 14.4 Å². The lowest BCUT2D eigenvalue weighted by Gasteiger charge is -2.04. The van der Waals surface area contributed by atoms with Crippen LogP contribution in [0.4, 0.5) is 0 Å². The molecule has 0 heterocycles. The standard InChI is InChI=1S/C9H6O6.3C2H7NO/c10-7(11)4-2-1-3-5(8(12)13)6(4)9(14)15;3*3-1-2-4/h1-3H,(H,10,11)(H,12,13)(H,14,15);3*4H,1-3H2. The minimum atomic E-state index is -1.58. The third-order valence-electron chi connectivity index (χ3n) is 2.13. The summed E-state index contributed by atoms with van der Waals surface area (Å²) in [6.45, 7) is 1.42. The molecule has 0 aliphatic carbocycles. The molecule has 0 unspecified atom stereocenters. The molecule has 0 aliphatic heterocycles. The second kappa shape index (κ2) is 19.7. The number of hydrogen-bond acceptors (Lipinski definition) is 9.